The van der Waals surface area contributed by atoms with Gasteiger partial charge in [-0.1, -0.05) is 41.9 Å². The molecular formula is C21H18ClN3O. The molecule has 1 aliphatic heterocycles. The number of pyridine rings is 1. The van der Waals surface area contributed by atoms with E-state index >= 15 is 0 Å². The molecule has 5 heteroatoms. The lowest BCUT2D eigenvalue weighted by molar-refractivity contribution is 0.0992. The molecule has 1 atom stereocenters. The van der Waals surface area contributed by atoms with Crippen molar-refractivity contribution in [2.75, 3.05) is 10.2 Å². The lowest BCUT2D eigenvalue weighted by Gasteiger charge is -2.26. The summed E-state index contributed by atoms with van der Waals surface area (Å²) in [6.45, 7) is 3.93. The van der Waals surface area contributed by atoms with Crippen LogP contribution >= 0.6 is 11.6 Å². The standard InChI is InChI=1S/C21H18ClN3O/c1-13-7-10-19(23-12-13)25-20(16-5-3-4-6-17(16)21(25)26)24-15-9-8-14(2)18(22)11-15/h3-12,20,24H,1-2H3. The molecule has 0 saturated carbocycles. The van der Waals surface area contributed by atoms with Crippen LogP contribution in [-0.4, -0.2) is 10.9 Å². The third kappa shape index (κ3) is 2.82. The Morgan fingerprint density at radius 2 is 1.88 bits per heavy atom. The molecule has 130 valence electrons. The van der Waals surface area contributed by atoms with Crippen LogP contribution in [0.25, 0.3) is 0 Å². The predicted molar refractivity (Wildman–Crippen MR) is 105 cm³/mol. The second-order valence-electron chi connectivity index (χ2n) is 6.47. The Morgan fingerprint density at radius 3 is 2.62 bits per heavy atom. The zero-order valence-corrected chi connectivity index (χ0v) is 15.3. The molecule has 0 bridgehead atoms. The van der Waals surface area contributed by atoms with Crippen LogP contribution in [0.2, 0.25) is 5.02 Å². The van der Waals surface area contributed by atoms with Crippen molar-refractivity contribution < 1.29 is 4.79 Å². The lowest BCUT2D eigenvalue weighted by atomic mass is 10.1. The van der Waals surface area contributed by atoms with Gasteiger partial charge in [-0.3, -0.25) is 9.69 Å². The van der Waals surface area contributed by atoms with Gasteiger partial charge in [0.25, 0.3) is 5.91 Å². The predicted octanol–water partition coefficient (Wildman–Crippen LogP) is 5.12. The molecule has 1 aromatic heterocycles. The zero-order chi connectivity index (χ0) is 18.3. The van der Waals surface area contributed by atoms with E-state index in [2.05, 4.69) is 10.3 Å². The number of halogens is 1. The molecule has 0 radical (unpaired) electrons. The average molecular weight is 364 g/mol. The number of fused-ring (bicyclic) bond motifs is 1. The first kappa shape index (κ1) is 16.6. The summed E-state index contributed by atoms with van der Waals surface area (Å²) in [5.41, 5.74) is 4.53. The maximum atomic E-state index is 13.0. The Labute approximate surface area is 157 Å². The first-order chi connectivity index (χ1) is 12.5. The smallest absolute Gasteiger partial charge is 0.261 e. The maximum Gasteiger partial charge on any atom is 0.261 e. The average Bonchev–Trinajstić information content (AvgIpc) is 2.92. The SMILES string of the molecule is Cc1ccc(N2C(=O)c3ccccc3C2Nc2ccc(C)c(Cl)c2)nc1. The highest BCUT2D eigenvalue weighted by Gasteiger charge is 2.38. The topological polar surface area (TPSA) is 45.2 Å². The van der Waals surface area contributed by atoms with E-state index in [4.69, 9.17) is 11.6 Å². The van der Waals surface area contributed by atoms with Crippen molar-refractivity contribution >= 4 is 29.0 Å². The van der Waals surface area contributed by atoms with Crippen molar-refractivity contribution in [3.63, 3.8) is 0 Å². The Bertz CT molecular complexity index is 985. The van der Waals surface area contributed by atoms with Crippen molar-refractivity contribution in [2.45, 2.75) is 20.0 Å². The van der Waals surface area contributed by atoms with Crippen LogP contribution in [-0.2, 0) is 0 Å². The first-order valence-electron chi connectivity index (χ1n) is 8.42. The van der Waals surface area contributed by atoms with Crippen LogP contribution in [0.3, 0.4) is 0 Å². The number of aryl methyl sites for hydroxylation is 2. The van der Waals surface area contributed by atoms with Crippen molar-refractivity contribution in [1.82, 2.24) is 4.98 Å². The second kappa shape index (κ2) is 6.46. The molecule has 3 aromatic rings. The van der Waals surface area contributed by atoms with Gasteiger partial charge in [-0.25, -0.2) is 4.98 Å². The van der Waals surface area contributed by atoms with Crippen LogP contribution in [0, 0.1) is 13.8 Å². The molecule has 2 heterocycles. The minimum Gasteiger partial charge on any atom is -0.361 e. The number of nitrogens with one attached hydrogen (secondary N) is 1. The highest BCUT2D eigenvalue weighted by molar-refractivity contribution is 6.31. The molecule has 1 amide bonds. The van der Waals surface area contributed by atoms with Crippen molar-refractivity contribution in [3.8, 4) is 0 Å². The van der Waals surface area contributed by atoms with Gasteiger partial charge >= 0.3 is 0 Å². The van der Waals surface area contributed by atoms with Gasteiger partial charge in [0, 0.05) is 28.0 Å². The van der Waals surface area contributed by atoms with Gasteiger partial charge in [-0.05, 0) is 49.2 Å². The van der Waals surface area contributed by atoms with Crippen LogP contribution < -0.4 is 10.2 Å². The monoisotopic (exact) mass is 363 g/mol. The Hall–Kier alpha value is -2.85. The van der Waals surface area contributed by atoms with Gasteiger partial charge in [0.15, 0.2) is 0 Å². The first-order valence-corrected chi connectivity index (χ1v) is 8.80. The molecule has 0 saturated heterocycles. The molecule has 1 N–H and O–H groups in total. The number of carbonyl (C=O) groups excluding carboxylic acids is 1. The molecule has 26 heavy (non-hydrogen) atoms. The van der Waals surface area contributed by atoms with E-state index in [1.807, 2.05) is 68.4 Å². The summed E-state index contributed by atoms with van der Waals surface area (Å²) in [7, 11) is 0. The van der Waals surface area contributed by atoms with Crippen LogP contribution in [0.1, 0.15) is 33.2 Å². The number of carbonyl (C=O) groups is 1. The van der Waals surface area contributed by atoms with Gasteiger partial charge in [-0.2, -0.15) is 0 Å². The number of aromatic nitrogens is 1. The number of nitrogens with zero attached hydrogens (tertiary/aromatic N) is 2. The number of benzene rings is 2. The molecule has 0 spiro atoms. The fraction of sp³-hybridized carbons (Fsp3) is 0.143. The van der Waals surface area contributed by atoms with E-state index in [0.717, 1.165) is 22.4 Å². The summed E-state index contributed by atoms with van der Waals surface area (Å²) in [4.78, 5) is 19.2. The van der Waals surface area contributed by atoms with Crippen molar-refractivity contribution in [1.29, 1.82) is 0 Å². The van der Waals surface area contributed by atoms with E-state index in [0.29, 0.717) is 16.4 Å². The van der Waals surface area contributed by atoms with E-state index in [-0.39, 0.29) is 12.1 Å². The van der Waals surface area contributed by atoms with Crippen LogP contribution in [0.5, 0.6) is 0 Å². The fourth-order valence-electron chi connectivity index (χ4n) is 3.14. The summed E-state index contributed by atoms with van der Waals surface area (Å²) in [5, 5.41) is 4.13. The van der Waals surface area contributed by atoms with Gasteiger partial charge < -0.3 is 5.32 Å². The summed E-state index contributed by atoms with van der Waals surface area (Å²) in [6, 6.07) is 17.3. The number of anilines is 2. The minimum atomic E-state index is -0.340. The third-order valence-electron chi connectivity index (χ3n) is 4.58. The normalized spacial score (nSPS) is 15.9. The summed E-state index contributed by atoms with van der Waals surface area (Å²) in [6.07, 6.45) is 1.43. The maximum absolute atomic E-state index is 13.0. The largest absolute Gasteiger partial charge is 0.361 e. The number of hydrogen-bond donors (Lipinski definition) is 1. The van der Waals surface area contributed by atoms with Gasteiger partial charge in [0.1, 0.15) is 12.0 Å². The second-order valence-corrected chi connectivity index (χ2v) is 6.87. The Balaban J connectivity index is 1.77. The molecule has 1 aliphatic rings. The van der Waals surface area contributed by atoms with Crippen LogP contribution in [0.15, 0.2) is 60.8 Å². The molecule has 4 nitrogen and oxygen atoms in total. The molecule has 4 rings (SSSR count). The minimum absolute atomic E-state index is 0.0624. The Morgan fingerprint density at radius 1 is 1.08 bits per heavy atom. The van der Waals surface area contributed by atoms with Crippen molar-refractivity contribution in [2.24, 2.45) is 0 Å². The molecule has 1 unspecified atom stereocenters. The fourth-order valence-corrected chi connectivity index (χ4v) is 3.32. The summed E-state index contributed by atoms with van der Waals surface area (Å²) >= 11 is 6.27. The lowest BCUT2D eigenvalue weighted by Crippen LogP contribution is -2.32. The third-order valence-corrected chi connectivity index (χ3v) is 4.99. The van der Waals surface area contributed by atoms with E-state index in [1.54, 1.807) is 11.1 Å². The van der Waals surface area contributed by atoms with E-state index in [1.165, 1.54) is 0 Å². The van der Waals surface area contributed by atoms with Crippen LogP contribution in [0.4, 0.5) is 11.5 Å². The molecule has 0 aliphatic carbocycles. The number of rotatable bonds is 3. The van der Waals surface area contributed by atoms with E-state index in [9.17, 15) is 4.79 Å². The molecule has 2 aromatic carbocycles. The number of hydrogen-bond acceptors (Lipinski definition) is 3. The zero-order valence-electron chi connectivity index (χ0n) is 14.5. The Kier molecular flexibility index (Phi) is 4.13. The number of amides is 1. The quantitative estimate of drug-likeness (QED) is 0.702. The molecular weight excluding hydrogens is 346 g/mol. The highest BCUT2D eigenvalue weighted by Crippen LogP contribution is 2.37. The molecule has 0 fully saturated rings. The van der Waals surface area contributed by atoms with Gasteiger partial charge in [-0.15, -0.1) is 0 Å². The van der Waals surface area contributed by atoms with E-state index < -0.39 is 0 Å². The van der Waals surface area contributed by atoms with Gasteiger partial charge in [0.05, 0.1) is 0 Å². The summed E-state index contributed by atoms with van der Waals surface area (Å²) in [5.74, 6) is 0.556. The van der Waals surface area contributed by atoms with Crippen molar-refractivity contribution in [3.05, 3.63) is 88.1 Å². The highest BCUT2D eigenvalue weighted by atomic mass is 35.5. The summed E-state index contributed by atoms with van der Waals surface area (Å²) < 4.78 is 0. The van der Waals surface area contributed by atoms with Gasteiger partial charge in [0.2, 0.25) is 0 Å².